The molecule has 1 aliphatic heterocycles. The Balaban J connectivity index is 1.23. The molecular formula is C24H27N9O4S. The monoisotopic (exact) mass is 537 g/mol. The minimum atomic E-state index is -2.95. The summed E-state index contributed by atoms with van der Waals surface area (Å²) in [5.74, 6) is -0.462. The van der Waals surface area contributed by atoms with Crippen molar-refractivity contribution in [3.63, 3.8) is 0 Å². The Morgan fingerprint density at radius 3 is 2.58 bits per heavy atom. The van der Waals surface area contributed by atoms with E-state index >= 15 is 0 Å². The number of nitrogens with one attached hydrogen (secondary N) is 2. The van der Waals surface area contributed by atoms with E-state index in [1.54, 1.807) is 34.5 Å². The number of carbonyl (C=O) groups is 2. The first-order chi connectivity index (χ1) is 18.2. The SMILES string of the molecule is Cc1ncc(C(=O)NCCN2CCS(=O)(=O)CC2)cc1NC(=O)c1nnc2cc(-c3cnn(C)c3)ccn12. The topological polar surface area (TPSA) is 156 Å². The number of amides is 2. The molecule has 4 aromatic heterocycles. The molecule has 13 nitrogen and oxygen atoms in total. The number of fused-ring (bicyclic) bond motifs is 1. The van der Waals surface area contributed by atoms with Crippen molar-refractivity contribution in [1.82, 2.24) is 39.6 Å². The van der Waals surface area contributed by atoms with Gasteiger partial charge in [0, 0.05) is 57.4 Å². The number of carbonyl (C=O) groups excluding carboxylic acids is 2. The molecule has 0 spiro atoms. The van der Waals surface area contributed by atoms with Crippen LogP contribution < -0.4 is 10.6 Å². The van der Waals surface area contributed by atoms with E-state index < -0.39 is 15.7 Å². The Hall–Kier alpha value is -4.17. The molecule has 14 heteroatoms. The van der Waals surface area contributed by atoms with Crippen LogP contribution in [-0.4, -0.2) is 92.2 Å². The molecule has 0 radical (unpaired) electrons. The fourth-order valence-electron chi connectivity index (χ4n) is 4.16. The summed E-state index contributed by atoms with van der Waals surface area (Å²) in [6, 6.07) is 5.23. The zero-order valence-electron chi connectivity index (χ0n) is 21.0. The van der Waals surface area contributed by atoms with Gasteiger partial charge >= 0.3 is 0 Å². The molecule has 0 unspecified atom stereocenters. The zero-order valence-corrected chi connectivity index (χ0v) is 21.8. The standard InChI is InChI=1S/C24H27N9O4S/c1-16-20(11-18(13-26-16)23(34)25-4-6-32-7-9-38(36,37)10-8-32)28-24(35)22-30-29-21-12-17(3-5-33(21)22)19-14-27-31(2)15-19/h3,5,11-15H,4,6-10H2,1-2H3,(H,25,34)(H,28,35). The second-order valence-electron chi connectivity index (χ2n) is 9.13. The minimum Gasteiger partial charge on any atom is -0.351 e. The van der Waals surface area contributed by atoms with Crippen molar-refractivity contribution < 1.29 is 18.0 Å². The van der Waals surface area contributed by atoms with Crippen molar-refractivity contribution in [3.05, 3.63) is 60.1 Å². The molecule has 2 amide bonds. The average molecular weight is 538 g/mol. The van der Waals surface area contributed by atoms with Gasteiger partial charge in [-0.2, -0.15) is 5.10 Å². The van der Waals surface area contributed by atoms with Gasteiger partial charge in [0.1, 0.15) is 0 Å². The van der Waals surface area contributed by atoms with Gasteiger partial charge in [0.25, 0.3) is 11.8 Å². The molecule has 0 bridgehead atoms. The summed E-state index contributed by atoms with van der Waals surface area (Å²) in [4.78, 5) is 32.0. The van der Waals surface area contributed by atoms with Gasteiger partial charge < -0.3 is 10.6 Å². The highest BCUT2D eigenvalue weighted by Gasteiger charge is 2.21. The van der Waals surface area contributed by atoms with Crippen LogP contribution in [0.25, 0.3) is 16.8 Å². The maximum absolute atomic E-state index is 13.0. The first kappa shape index (κ1) is 25.5. The van der Waals surface area contributed by atoms with Crippen molar-refractivity contribution in [2.45, 2.75) is 6.92 Å². The summed E-state index contributed by atoms with van der Waals surface area (Å²) in [7, 11) is -1.11. The number of nitrogens with zero attached hydrogens (tertiary/aromatic N) is 7. The van der Waals surface area contributed by atoms with E-state index in [2.05, 4.69) is 30.9 Å². The molecule has 38 heavy (non-hydrogen) atoms. The molecule has 0 saturated carbocycles. The van der Waals surface area contributed by atoms with E-state index in [-0.39, 0.29) is 23.2 Å². The summed E-state index contributed by atoms with van der Waals surface area (Å²) in [6.07, 6.45) is 6.80. The third-order valence-corrected chi connectivity index (χ3v) is 8.01. The Morgan fingerprint density at radius 1 is 1.05 bits per heavy atom. The molecule has 0 aliphatic carbocycles. The zero-order chi connectivity index (χ0) is 26.9. The number of aryl methyl sites for hydroxylation is 2. The van der Waals surface area contributed by atoms with E-state index in [9.17, 15) is 18.0 Å². The van der Waals surface area contributed by atoms with Crippen molar-refractivity contribution in [2.24, 2.45) is 7.05 Å². The van der Waals surface area contributed by atoms with Crippen LogP contribution in [0.5, 0.6) is 0 Å². The van der Waals surface area contributed by atoms with Gasteiger partial charge in [0.2, 0.25) is 5.82 Å². The van der Waals surface area contributed by atoms with Crippen LogP contribution in [0.3, 0.4) is 0 Å². The molecule has 4 aromatic rings. The third kappa shape index (κ3) is 5.55. The fourth-order valence-corrected chi connectivity index (χ4v) is 5.44. The minimum absolute atomic E-state index is 0.0931. The van der Waals surface area contributed by atoms with Gasteiger partial charge in [0.15, 0.2) is 15.5 Å². The third-order valence-electron chi connectivity index (χ3n) is 6.40. The van der Waals surface area contributed by atoms with Crippen LogP contribution in [-0.2, 0) is 16.9 Å². The number of rotatable bonds is 7. The summed E-state index contributed by atoms with van der Waals surface area (Å²) < 4.78 is 26.4. The van der Waals surface area contributed by atoms with Crippen LogP contribution >= 0.6 is 0 Å². The predicted octanol–water partition coefficient (Wildman–Crippen LogP) is 0.546. The fraction of sp³-hybridized carbons (Fsp3) is 0.333. The van der Waals surface area contributed by atoms with Crippen LogP contribution in [0.15, 0.2) is 43.0 Å². The van der Waals surface area contributed by atoms with Gasteiger partial charge in [-0.05, 0) is 30.7 Å². The van der Waals surface area contributed by atoms with Crippen molar-refractivity contribution in [3.8, 4) is 11.1 Å². The van der Waals surface area contributed by atoms with Gasteiger partial charge in [0.05, 0.1) is 34.6 Å². The Kier molecular flexibility index (Phi) is 6.91. The number of aromatic nitrogens is 6. The molecule has 0 aromatic carbocycles. The summed E-state index contributed by atoms with van der Waals surface area (Å²) >= 11 is 0. The second kappa shape index (κ2) is 10.3. The molecule has 1 saturated heterocycles. The van der Waals surface area contributed by atoms with E-state index in [0.717, 1.165) is 11.1 Å². The molecule has 198 valence electrons. The van der Waals surface area contributed by atoms with Crippen LogP contribution in [0.2, 0.25) is 0 Å². The number of pyridine rings is 2. The maximum Gasteiger partial charge on any atom is 0.294 e. The maximum atomic E-state index is 13.0. The molecule has 5 rings (SSSR count). The molecule has 1 aliphatic rings. The largest absolute Gasteiger partial charge is 0.351 e. The Labute approximate surface area is 218 Å². The second-order valence-corrected chi connectivity index (χ2v) is 11.4. The van der Waals surface area contributed by atoms with Gasteiger partial charge in [-0.1, -0.05) is 0 Å². The lowest BCUT2D eigenvalue weighted by atomic mass is 10.1. The first-order valence-electron chi connectivity index (χ1n) is 12.0. The summed E-state index contributed by atoms with van der Waals surface area (Å²) in [5.41, 5.74) is 3.54. The lowest BCUT2D eigenvalue weighted by Crippen LogP contribution is -2.43. The van der Waals surface area contributed by atoms with Crippen molar-refractivity contribution >= 4 is 33.0 Å². The summed E-state index contributed by atoms with van der Waals surface area (Å²) in [6.45, 7) is 3.56. The number of hydrogen-bond donors (Lipinski definition) is 2. The smallest absolute Gasteiger partial charge is 0.294 e. The highest BCUT2D eigenvalue weighted by atomic mass is 32.2. The number of sulfone groups is 1. The van der Waals surface area contributed by atoms with Crippen molar-refractivity contribution in [1.29, 1.82) is 0 Å². The normalized spacial score (nSPS) is 15.4. The van der Waals surface area contributed by atoms with Gasteiger partial charge in [-0.25, -0.2) is 8.42 Å². The highest BCUT2D eigenvalue weighted by molar-refractivity contribution is 7.91. The van der Waals surface area contributed by atoms with Crippen LogP contribution in [0.1, 0.15) is 26.7 Å². The van der Waals surface area contributed by atoms with Gasteiger partial charge in [-0.15, -0.1) is 10.2 Å². The van der Waals surface area contributed by atoms with Crippen molar-refractivity contribution in [2.75, 3.05) is 43.0 Å². The Morgan fingerprint density at radius 2 is 1.84 bits per heavy atom. The predicted molar refractivity (Wildman–Crippen MR) is 140 cm³/mol. The molecule has 2 N–H and O–H groups in total. The van der Waals surface area contributed by atoms with Crippen LogP contribution in [0, 0.1) is 6.92 Å². The quantitative estimate of drug-likeness (QED) is 0.343. The van der Waals surface area contributed by atoms with Crippen LogP contribution in [0.4, 0.5) is 5.69 Å². The number of hydrogen-bond acceptors (Lipinski definition) is 9. The van der Waals surface area contributed by atoms with E-state index in [1.165, 1.54) is 6.20 Å². The molecule has 5 heterocycles. The van der Waals surface area contributed by atoms with E-state index in [0.29, 0.717) is 48.8 Å². The van der Waals surface area contributed by atoms with E-state index in [1.807, 2.05) is 30.3 Å². The lowest BCUT2D eigenvalue weighted by Gasteiger charge is -2.26. The first-order valence-corrected chi connectivity index (χ1v) is 13.8. The Bertz CT molecular complexity index is 1610. The average Bonchev–Trinajstić information content (AvgIpc) is 3.52. The summed E-state index contributed by atoms with van der Waals surface area (Å²) in [5, 5.41) is 18.0. The molecular weight excluding hydrogens is 510 g/mol. The highest BCUT2D eigenvalue weighted by Crippen LogP contribution is 2.21. The molecule has 1 fully saturated rings. The number of anilines is 1. The molecule has 0 atom stereocenters. The van der Waals surface area contributed by atoms with E-state index in [4.69, 9.17) is 0 Å². The lowest BCUT2D eigenvalue weighted by molar-refractivity contribution is 0.0946. The van der Waals surface area contributed by atoms with Gasteiger partial charge in [-0.3, -0.25) is 28.6 Å².